The van der Waals surface area contributed by atoms with Gasteiger partial charge in [0.25, 0.3) is 0 Å². The number of benzene rings is 2. The minimum absolute atomic E-state index is 0.0444. The molecular weight excluding hydrogens is 562 g/mol. The largest absolute Gasteiger partial charge is 0.595 e. The van der Waals surface area contributed by atoms with Crippen molar-refractivity contribution in [2.45, 2.75) is 52.5 Å². The highest BCUT2D eigenvalue weighted by molar-refractivity contribution is 6.05. The van der Waals surface area contributed by atoms with Crippen LogP contribution in [0, 0.1) is 31.9 Å². The zero-order chi connectivity index (χ0) is 30.9. The van der Waals surface area contributed by atoms with Gasteiger partial charge in [0.15, 0.2) is 0 Å². The van der Waals surface area contributed by atoms with Gasteiger partial charge in [-0.2, -0.15) is 5.23 Å². The van der Waals surface area contributed by atoms with Gasteiger partial charge in [-0.3, -0.25) is 9.59 Å². The Labute approximate surface area is 252 Å². The Kier molecular flexibility index (Phi) is 6.80. The Bertz CT molecular complexity index is 2070. The summed E-state index contributed by atoms with van der Waals surface area (Å²) in [6, 6.07) is 15.1. The van der Waals surface area contributed by atoms with Crippen LogP contribution in [0.25, 0.3) is 33.1 Å². The van der Waals surface area contributed by atoms with Gasteiger partial charge in [-0.25, -0.2) is 10.0 Å². The fourth-order valence-electron chi connectivity index (χ4n) is 7.33. The van der Waals surface area contributed by atoms with E-state index in [1.54, 1.807) is 10.6 Å². The Hall–Kier alpha value is -4.51. The van der Waals surface area contributed by atoms with Crippen LogP contribution in [0.4, 0.5) is 5.69 Å². The monoisotopic (exact) mass is 595 g/mol. The lowest BCUT2D eigenvalue weighted by Crippen LogP contribution is -3.00. The minimum atomic E-state index is -1.23. The average molecular weight is 596 g/mol. The normalized spacial score (nSPS) is 18.5. The van der Waals surface area contributed by atoms with Gasteiger partial charge in [-0.1, -0.05) is 30.3 Å². The van der Waals surface area contributed by atoms with Crippen molar-refractivity contribution in [2.75, 3.05) is 13.1 Å². The highest BCUT2D eigenvalue weighted by Gasteiger charge is 2.37. The Morgan fingerprint density at radius 1 is 0.977 bits per heavy atom. The van der Waals surface area contributed by atoms with E-state index >= 15 is 0 Å². The molecule has 1 amide bonds. The molecule has 5 heterocycles. The van der Waals surface area contributed by atoms with Crippen LogP contribution in [0.1, 0.15) is 46.9 Å². The van der Waals surface area contributed by atoms with Crippen molar-refractivity contribution in [3.63, 3.8) is 0 Å². The molecule has 0 radical (unpaired) electrons. The number of fused-ring (bicyclic) bond motifs is 6. The average Bonchev–Trinajstić information content (AvgIpc) is 3.34. The summed E-state index contributed by atoms with van der Waals surface area (Å²) in [4.78, 5) is 41.3. The number of carbonyl (C=O) groups is 1. The second kappa shape index (κ2) is 10.6. The molecule has 1 saturated heterocycles. The summed E-state index contributed by atoms with van der Waals surface area (Å²) in [5.74, 6) is 0.746. The number of furan rings is 1. The van der Waals surface area contributed by atoms with Crippen LogP contribution in [0.15, 0.2) is 67.0 Å². The predicted molar refractivity (Wildman–Crippen MR) is 164 cm³/mol. The first kappa shape index (κ1) is 28.3. The number of amides is 1. The summed E-state index contributed by atoms with van der Waals surface area (Å²) >= 11 is 0. The van der Waals surface area contributed by atoms with Gasteiger partial charge in [0.1, 0.15) is 16.9 Å². The molecule has 5 aromatic rings. The smallest absolute Gasteiger partial charge is 0.339 e. The van der Waals surface area contributed by atoms with Crippen molar-refractivity contribution >= 4 is 33.5 Å². The SMILES string of the molecule is Cc1oc2c(C)c3oc(=O)c(CCC(=O)N4CC5C[C@@H](C4)Cn4c5ccc([NH+]([O-])O)c4=O)c(C)c3cc2c1-c1ccccc1. The standard InChI is InChI=1S/C34H33N3O7/c1-18-24(9-12-29(38)35-15-21-13-23(17-35)27-10-11-28(37(41)42)33(39)36(27)16-21)34(40)44-31-19(2)32-26(14-25(18)31)30(20(3)43-32)22-7-5-4-6-8-22/h4-8,10-11,14,21,23,37,41H,9,12-13,15-17H2,1-3H3/t21-,23?/m0/s1. The number of quaternary nitrogens is 1. The zero-order valence-corrected chi connectivity index (χ0v) is 24.8. The van der Waals surface area contributed by atoms with E-state index in [4.69, 9.17) is 8.83 Å². The second-order valence-corrected chi connectivity index (χ2v) is 12.1. The van der Waals surface area contributed by atoms with Crippen molar-refractivity contribution in [3.8, 4) is 11.1 Å². The number of hydrogen-bond donors (Lipinski definition) is 2. The first-order valence-corrected chi connectivity index (χ1v) is 14.9. The van der Waals surface area contributed by atoms with E-state index < -0.39 is 16.4 Å². The van der Waals surface area contributed by atoms with Crippen LogP contribution in [-0.4, -0.2) is 33.7 Å². The van der Waals surface area contributed by atoms with E-state index in [1.807, 2.05) is 62.1 Å². The molecule has 0 aliphatic carbocycles. The molecule has 10 nitrogen and oxygen atoms in total. The molecule has 3 aromatic heterocycles. The number of hydrogen-bond acceptors (Lipinski definition) is 7. The number of nitrogens with one attached hydrogen (secondary N) is 1. The lowest BCUT2D eigenvalue weighted by Gasteiger charge is -2.43. The highest BCUT2D eigenvalue weighted by atomic mass is 16.8. The van der Waals surface area contributed by atoms with E-state index in [2.05, 4.69) is 0 Å². The lowest BCUT2D eigenvalue weighted by molar-refractivity contribution is -0.992. The van der Waals surface area contributed by atoms with Crippen molar-refractivity contribution in [3.05, 3.63) is 103 Å². The third kappa shape index (κ3) is 4.49. The van der Waals surface area contributed by atoms with Gasteiger partial charge in [0, 0.05) is 71.2 Å². The molecule has 7 rings (SSSR count). The van der Waals surface area contributed by atoms with Gasteiger partial charge in [-0.15, -0.1) is 0 Å². The molecule has 10 heteroatoms. The highest BCUT2D eigenvalue weighted by Crippen LogP contribution is 2.40. The number of piperidine rings is 1. The zero-order valence-electron chi connectivity index (χ0n) is 24.8. The fourth-order valence-corrected chi connectivity index (χ4v) is 7.33. The van der Waals surface area contributed by atoms with Gasteiger partial charge in [0.2, 0.25) is 11.6 Å². The first-order chi connectivity index (χ1) is 21.1. The molecule has 2 bridgehead atoms. The summed E-state index contributed by atoms with van der Waals surface area (Å²) in [5.41, 5.74) is 4.88. The summed E-state index contributed by atoms with van der Waals surface area (Å²) in [6.07, 6.45) is 1.25. The number of likely N-dealkylation sites (tertiary alicyclic amines) is 1. The fraction of sp³-hybridized carbons (Fsp3) is 0.324. The van der Waals surface area contributed by atoms with Crippen molar-refractivity contribution in [2.24, 2.45) is 5.92 Å². The molecule has 1 fully saturated rings. The van der Waals surface area contributed by atoms with Crippen LogP contribution in [-0.2, 0) is 17.8 Å². The van der Waals surface area contributed by atoms with Crippen LogP contribution >= 0.6 is 0 Å². The maximum Gasteiger partial charge on any atom is 0.339 e. The Morgan fingerprint density at radius 2 is 1.73 bits per heavy atom. The summed E-state index contributed by atoms with van der Waals surface area (Å²) in [5, 5.41) is 21.4. The molecular formula is C34H33N3O7. The first-order valence-electron chi connectivity index (χ1n) is 14.9. The van der Waals surface area contributed by atoms with Crippen LogP contribution < -0.4 is 16.4 Å². The molecule has 0 saturated carbocycles. The van der Waals surface area contributed by atoms with Gasteiger partial charge in [-0.05, 0) is 62.8 Å². The van der Waals surface area contributed by atoms with Gasteiger partial charge in [0.05, 0.1) is 0 Å². The number of rotatable bonds is 5. The molecule has 44 heavy (non-hydrogen) atoms. The minimum Gasteiger partial charge on any atom is -0.595 e. The second-order valence-electron chi connectivity index (χ2n) is 12.1. The summed E-state index contributed by atoms with van der Waals surface area (Å²) in [6.45, 7) is 7.07. The molecule has 0 spiro atoms. The molecule has 2 N–H and O–H groups in total. The van der Waals surface area contributed by atoms with E-state index in [1.165, 1.54) is 6.07 Å². The maximum atomic E-state index is 13.5. The van der Waals surface area contributed by atoms with Crippen LogP contribution in [0.3, 0.4) is 0 Å². The molecule has 2 aliphatic heterocycles. The molecule has 2 unspecified atom stereocenters. The summed E-state index contributed by atoms with van der Waals surface area (Å²) < 4.78 is 13.6. The van der Waals surface area contributed by atoms with E-state index in [0.29, 0.717) is 36.4 Å². The predicted octanol–water partition coefficient (Wildman–Crippen LogP) is 4.28. The maximum absolute atomic E-state index is 13.5. The Morgan fingerprint density at radius 3 is 2.48 bits per heavy atom. The number of pyridine rings is 1. The molecule has 2 aliphatic rings. The van der Waals surface area contributed by atoms with E-state index in [-0.39, 0.29) is 36.3 Å². The quantitative estimate of drug-likeness (QED) is 0.229. The van der Waals surface area contributed by atoms with Crippen LogP contribution in [0.5, 0.6) is 0 Å². The topological polar surface area (TPSA) is 133 Å². The lowest BCUT2D eigenvalue weighted by atomic mass is 9.83. The summed E-state index contributed by atoms with van der Waals surface area (Å²) in [7, 11) is 0. The van der Waals surface area contributed by atoms with E-state index in [9.17, 15) is 24.8 Å². The third-order valence-corrected chi connectivity index (χ3v) is 9.47. The van der Waals surface area contributed by atoms with Crippen LogP contribution in [0.2, 0.25) is 0 Å². The van der Waals surface area contributed by atoms with Gasteiger partial charge < -0.3 is 23.5 Å². The third-order valence-electron chi connectivity index (χ3n) is 9.47. The number of carbonyl (C=O) groups excluding carboxylic acids is 1. The number of aryl methyl sites for hydroxylation is 3. The van der Waals surface area contributed by atoms with Crippen molar-refractivity contribution in [1.82, 2.24) is 9.47 Å². The number of nitrogens with zero attached hydrogens (tertiary/aromatic N) is 2. The van der Waals surface area contributed by atoms with Crippen molar-refractivity contribution in [1.29, 1.82) is 0 Å². The Balaban J connectivity index is 1.16. The molecule has 3 atom stereocenters. The molecule has 2 aromatic carbocycles. The van der Waals surface area contributed by atoms with E-state index in [0.717, 1.165) is 50.9 Å². The van der Waals surface area contributed by atoms with Gasteiger partial charge >= 0.3 is 11.2 Å². The molecule has 226 valence electrons. The number of aromatic nitrogens is 1. The van der Waals surface area contributed by atoms with Crippen molar-refractivity contribution < 1.29 is 24.1 Å².